The lowest BCUT2D eigenvalue weighted by Gasteiger charge is -2.56. The summed E-state index contributed by atoms with van der Waals surface area (Å²) < 4.78 is 0. The van der Waals surface area contributed by atoms with Gasteiger partial charge in [-0.05, 0) is 62.4 Å². The molecule has 0 aromatic heterocycles. The quantitative estimate of drug-likeness (QED) is 0.448. The van der Waals surface area contributed by atoms with Crippen molar-refractivity contribution in [3.8, 4) is 0 Å². The van der Waals surface area contributed by atoms with Gasteiger partial charge < -0.3 is 5.11 Å². The van der Waals surface area contributed by atoms with Crippen LogP contribution >= 0.6 is 0 Å². The zero-order valence-corrected chi connectivity index (χ0v) is 8.29. The third kappa shape index (κ3) is 0.969. The van der Waals surface area contributed by atoms with Crippen molar-refractivity contribution >= 4 is 0 Å². The fraction of sp³-hybridized carbons (Fsp3) is 0.833. The van der Waals surface area contributed by atoms with E-state index >= 15 is 0 Å². The molecule has 0 radical (unpaired) electrons. The molecule has 4 aliphatic carbocycles. The van der Waals surface area contributed by atoms with Crippen molar-refractivity contribution in [1.82, 2.24) is 0 Å². The summed E-state index contributed by atoms with van der Waals surface area (Å²) in [4.78, 5) is 0. The summed E-state index contributed by atoms with van der Waals surface area (Å²) in [5.41, 5.74) is 1.00. The van der Waals surface area contributed by atoms with E-state index in [1.165, 1.54) is 24.8 Å². The van der Waals surface area contributed by atoms with E-state index in [4.69, 9.17) is 0 Å². The molecule has 4 aliphatic rings. The second kappa shape index (κ2) is 2.38. The van der Waals surface area contributed by atoms with E-state index in [0.717, 1.165) is 30.6 Å². The van der Waals surface area contributed by atoms with Crippen LogP contribution in [0.5, 0.6) is 0 Å². The monoisotopic (exact) mass is 180 g/mol. The molecule has 0 aliphatic heterocycles. The summed E-state index contributed by atoms with van der Waals surface area (Å²) in [6.45, 7) is 2.09. The maximum Gasteiger partial charge on any atom is 0.0864 e. The molecule has 0 heterocycles. The van der Waals surface area contributed by atoms with Crippen LogP contribution in [-0.2, 0) is 0 Å². The largest absolute Gasteiger partial charge is 0.385 e. The Morgan fingerprint density at radius 3 is 2.31 bits per heavy atom. The Labute approximate surface area is 79.8 Å². The molecule has 4 rings (SSSR count). The van der Waals surface area contributed by atoms with Crippen LogP contribution in [0.15, 0.2) is 11.6 Å². The summed E-state index contributed by atoms with van der Waals surface area (Å²) in [7, 11) is 0. The van der Waals surface area contributed by atoms with Crippen molar-refractivity contribution in [2.24, 2.45) is 17.8 Å². The van der Waals surface area contributed by atoms with Gasteiger partial charge in [0, 0.05) is 0 Å². The van der Waals surface area contributed by atoms with Crippen molar-refractivity contribution in [3.63, 3.8) is 0 Å². The molecule has 13 heavy (non-hydrogen) atoms. The van der Waals surface area contributed by atoms with Crippen LogP contribution in [0.3, 0.4) is 0 Å². The highest BCUT2D eigenvalue weighted by molar-refractivity contribution is 5.27. The Kier molecular flexibility index (Phi) is 1.48. The molecule has 4 fully saturated rings. The molecule has 0 amide bonds. The van der Waals surface area contributed by atoms with Gasteiger partial charge in [0.25, 0.3) is 0 Å². The van der Waals surface area contributed by atoms with Crippen molar-refractivity contribution in [3.05, 3.63) is 11.6 Å². The topological polar surface area (TPSA) is 20.2 Å². The average Bonchev–Trinajstić information content (AvgIpc) is 2.00. The Morgan fingerprint density at radius 1 is 1.23 bits per heavy atom. The third-order valence-electron chi connectivity index (χ3n) is 4.44. The molecule has 0 spiro atoms. The summed E-state index contributed by atoms with van der Waals surface area (Å²) in [5.74, 6) is 2.42. The lowest BCUT2D eigenvalue weighted by Crippen LogP contribution is -2.52. The van der Waals surface area contributed by atoms with Crippen LogP contribution in [0, 0.1) is 17.8 Å². The number of rotatable bonds is 0. The maximum absolute atomic E-state index is 10.5. The molecule has 4 atom stereocenters. The van der Waals surface area contributed by atoms with E-state index in [1.54, 1.807) is 0 Å². The highest BCUT2D eigenvalue weighted by Crippen LogP contribution is 2.58. The fourth-order valence-corrected chi connectivity index (χ4v) is 4.31. The van der Waals surface area contributed by atoms with Crippen LogP contribution in [-0.4, -0.2) is 10.7 Å². The van der Waals surface area contributed by atoms with Crippen molar-refractivity contribution in [1.29, 1.82) is 0 Å². The summed E-state index contributed by atoms with van der Waals surface area (Å²) in [5, 5.41) is 10.5. The van der Waals surface area contributed by atoms with Gasteiger partial charge >= 0.3 is 0 Å². The van der Waals surface area contributed by atoms with E-state index in [9.17, 15) is 5.11 Å². The molecule has 72 valence electrons. The minimum absolute atomic E-state index is 0.372. The fourth-order valence-electron chi connectivity index (χ4n) is 4.31. The van der Waals surface area contributed by atoms with Gasteiger partial charge in [-0.2, -0.15) is 0 Å². The molecule has 4 saturated carbocycles. The van der Waals surface area contributed by atoms with Gasteiger partial charge in [0.05, 0.1) is 5.60 Å². The smallest absolute Gasteiger partial charge is 0.0864 e. The first-order valence-corrected chi connectivity index (χ1v) is 5.60. The third-order valence-corrected chi connectivity index (χ3v) is 4.44. The molecular formula is C12H18O. The van der Waals surface area contributed by atoms with Crippen LogP contribution in [0.25, 0.3) is 0 Å². The van der Waals surface area contributed by atoms with Gasteiger partial charge in [0.2, 0.25) is 0 Å². The van der Waals surface area contributed by atoms with E-state index < -0.39 is 0 Å². The predicted molar refractivity (Wildman–Crippen MR) is 52.3 cm³/mol. The molecule has 0 aromatic carbocycles. The lowest BCUT2D eigenvalue weighted by atomic mass is 9.52. The molecule has 1 heteroatoms. The molecule has 0 aromatic rings. The van der Waals surface area contributed by atoms with Crippen LogP contribution in [0.1, 0.15) is 39.0 Å². The van der Waals surface area contributed by atoms with Crippen LogP contribution < -0.4 is 0 Å². The van der Waals surface area contributed by atoms with Gasteiger partial charge in [0.1, 0.15) is 0 Å². The van der Waals surface area contributed by atoms with Crippen molar-refractivity contribution in [2.75, 3.05) is 0 Å². The SMILES string of the molecule is C/C=C1\C2C[C@@H]3C[C@H](C2)CC1([18OH])C3. The van der Waals surface area contributed by atoms with Gasteiger partial charge in [0.15, 0.2) is 0 Å². The standard InChI is InChI=1S/C12H18O/c1-2-11-10-4-8-3-9(5-10)7-12(11,13)6-8/h2,8-10,13H,3-7H2,1H3/b11-2+/t8-,9+,10?,12?/i13+2. The Hall–Kier alpha value is -0.300. The second-order valence-electron chi connectivity index (χ2n) is 5.32. The maximum atomic E-state index is 10.5. The number of aliphatic hydroxyl groups is 1. The molecule has 1 N–H and O–H groups in total. The molecule has 2 unspecified atom stereocenters. The highest BCUT2D eigenvalue weighted by atomic mass is 18.2. The first kappa shape index (κ1) is 8.05. The number of hydrogen-bond acceptors (Lipinski definition) is 1. The van der Waals surface area contributed by atoms with Crippen LogP contribution in [0.2, 0.25) is 0 Å². The number of hydrogen-bond donors (Lipinski definition) is 1. The Morgan fingerprint density at radius 2 is 1.85 bits per heavy atom. The first-order valence-electron chi connectivity index (χ1n) is 5.60. The molecule has 0 saturated heterocycles. The van der Waals surface area contributed by atoms with Gasteiger partial charge in [-0.25, -0.2) is 0 Å². The average molecular weight is 180 g/mol. The van der Waals surface area contributed by atoms with Crippen molar-refractivity contribution in [2.45, 2.75) is 44.6 Å². The minimum atomic E-state index is -0.372. The van der Waals surface area contributed by atoms with E-state index in [-0.39, 0.29) is 5.60 Å². The highest BCUT2D eigenvalue weighted by Gasteiger charge is 2.52. The normalized spacial score (nSPS) is 56.2. The minimum Gasteiger partial charge on any atom is -0.385 e. The Bertz CT molecular complexity index is 252. The van der Waals surface area contributed by atoms with E-state index in [1.807, 2.05) is 0 Å². The number of allylic oxidation sites excluding steroid dienone is 1. The molecule has 1 nitrogen and oxygen atoms in total. The van der Waals surface area contributed by atoms with Crippen LogP contribution in [0.4, 0.5) is 0 Å². The Balaban J connectivity index is 2.03. The molecule has 4 bridgehead atoms. The lowest BCUT2D eigenvalue weighted by molar-refractivity contribution is -0.0763. The second-order valence-corrected chi connectivity index (χ2v) is 5.32. The van der Waals surface area contributed by atoms with Crippen molar-refractivity contribution < 1.29 is 5.11 Å². The van der Waals surface area contributed by atoms with Gasteiger partial charge in [-0.3, -0.25) is 0 Å². The first-order chi connectivity index (χ1) is 6.21. The van der Waals surface area contributed by atoms with E-state index in [2.05, 4.69) is 13.0 Å². The summed E-state index contributed by atoms with van der Waals surface area (Å²) in [6.07, 6.45) is 8.41. The van der Waals surface area contributed by atoms with E-state index in [0.29, 0.717) is 0 Å². The molecular weight excluding hydrogens is 162 g/mol. The predicted octanol–water partition coefficient (Wildman–Crippen LogP) is 2.50. The summed E-state index contributed by atoms with van der Waals surface area (Å²) >= 11 is 0. The van der Waals surface area contributed by atoms with Gasteiger partial charge in [-0.1, -0.05) is 6.08 Å². The van der Waals surface area contributed by atoms with Gasteiger partial charge in [-0.15, -0.1) is 0 Å². The summed E-state index contributed by atoms with van der Waals surface area (Å²) in [6, 6.07) is 0. The zero-order valence-electron chi connectivity index (χ0n) is 8.29. The zero-order chi connectivity index (χ0) is 9.05.